The van der Waals surface area contributed by atoms with Crippen LogP contribution in [0.3, 0.4) is 0 Å². The molecule has 0 radical (unpaired) electrons. The Morgan fingerprint density at radius 2 is 2.32 bits per heavy atom. The average molecular weight is 346 g/mol. The van der Waals surface area contributed by atoms with E-state index in [1.165, 1.54) is 25.8 Å². The van der Waals surface area contributed by atoms with Gasteiger partial charge in [-0.3, -0.25) is 0 Å². The van der Waals surface area contributed by atoms with Crippen molar-refractivity contribution in [2.75, 3.05) is 13.1 Å². The van der Waals surface area contributed by atoms with Crippen molar-refractivity contribution in [1.82, 2.24) is 4.90 Å². The van der Waals surface area contributed by atoms with Gasteiger partial charge in [0.05, 0.1) is 0 Å². The number of nitrogens with two attached hydrogens (primary N) is 1. The zero-order valence-corrected chi connectivity index (χ0v) is 13.8. The molecule has 4 heteroatoms. The van der Waals surface area contributed by atoms with Crippen molar-refractivity contribution in [3.05, 3.63) is 33.3 Å². The molecule has 0 spiro atoms. The zero-order chi connectivity index (χ0) is 13.8. The number of halogens is 2. The van der Waals surface area contributed by atoms with Crippen molar-refractivity contribution in [2.24, 2.45) is 5.73 Å². The lowest BCUT2D eigenvalue weighted by Gasteiger charge is -2.25. The number of rotatable bonds is 5. The van der Waals surface area contributed by atoms with Crippen molar-refractivity contribution in [1.29, 1.82) is 0 Å². The second-order valence-corrected chi connectivity index (χ2v) is 6.62. The Labute approximate surface area is 129 Å². The van der Waals surface area contributed by atoms with Gasteiger partial charge in [0.1, 0.15) is 0 Å². The van der Waals surface area contributed by atoms with E-state index >= 15 is 0 Å². The van der Waals surface area contributed by atoms with Crippen LogP contribution in [0.5, 0.6) is 0 Å². The van der Waals surface area contributed by atoms with Crippen molar-refractivity contribution >= 4 is 27.5 Å². The Bertz CT molecular complexity index is 425. The third-order valence-electron chi connectivity index (χ3n) is 4.06. The molecule has 2 unspecified atom stereocenters. The molecule has 0 amide bonds. The van der Waals surface area contributed by atoms with Crippen LogP contribution in [-0.4, -0.2) is 24.0 Å². The molecule has 0 bridgehead atoms. The number of nitrogens with zero attached hydrogens (tertiary/aromatic N) is 1. The minimum absolute atomic E-state index is 0.0266. The largest absolute Gasteiger partial charge is 0.324 e. The Morgan fingerprint density at radius 3 is 3.00 bits per heavy atom. The van der Waals surface area contributed by atoms with Gasteiger partial charge in [-0.15, -0.1) is 0 Å². The third-order valence-corrected chi connectivity index (χ3v) is 4.88. The predicted molar refractivity (Wildman–Crippen MR) is 85.6 cm³/mol. The summed E-state index contributed by atoms with van der Waals surface area (Å²) >= 11 is 9.67. The fraction of sp³-hybridized carbons (Fsp3) is 0.600. The Balaban J connectivity index is 1.92. The van der Waals surface area contributed by atoms with Crippen LogP contribution < -0.4 is 5.73 Å². The molecule has 2 rings (SSSR count). The second kappa shape index (κ2) is 7.07. The molecule has 1 heterocycles. The quantitative estimate of drug-likeness (QED) is 0.858. The summed E-state index contributed by atoms with van der Waals surface area (Å²) in [4.78, 5) is 2.58. The molecule has 1 aromatic carbocycles. The zero-order valence-electron chi connectivity index (χ0n) is 11.4. The Hall–Kier alpha value is -0.0900. The first-order valence-electron chi connectivity index (χ1n) is 7.06. The first-order valence-corrected chi connectivity index (χ1v) is 8.23. The van der Waals surface area contributed by atoms with E-state index in [1.54, 1.807) is 0 Å². The molecule has 0 aromatic heterocycles. The van der Waals surface area contributed by atoms with E-state index < -0.39 is 0 Å². The number of hydrogen-bond donors (Lipinski definition) is 1. The summed E-state index contributed by atoms with van der Waals surface area (Å²) in [5.74, 6) is 0. The summed E-state index contributed by atoms with van der Waals surface area (Å²) in [7, 11) is 0. The highest BCUT2D eigenvalue weighted by Crippen LogP contribution is 2.28. The SMILES string of the molecule is CCC1CCCN1CCC(N)c1ccc(Br)cc1Cl. The van der Waals surface area contributed by atoms with Gasteiger partial charge in [0.2, 0.25) is 0 Å². The lowest BCUT2D eigenvalue weighted by Crippen LogP contribution is -2.31. The highest BCUT2D eigenvalue weighted by atomic mass is 79.9. The number of benzene rings is 1. The van der Waals surface area contributed by atoms with Gasteiger partial charge in [-0.05, 0) is 49.9 Å². The summed E-state index contributed by atoms with van der Waals surface area (Å²) in [6.45, 7) is 4.57. The van der Waals surface area contributed by atoms with E-state index in [1.807, 2.05) is 18.2 Å². The van der Waals surface area contributed by atoms with E-state index in [2.05, 4.69) is 27.8 Å². The molecule has 106 valence electrons. The summed E-state index contributed by atoms with van der Waals surface area (Å²) in [5, 5.41) is 0.760. The van der Waals surface area contributed by atoms with Crippen molar-refractivity contribution in [2.45, 2.75) is 44.7 Å². The van der Waals surface area contributed by atoms with Gasteiger partial charge < -0.3 is 10.6 Å². The first kappa shape index (κ1) is 15.3. The Kier molecular flexibility index (Phi) is 5.70. The molecule has 1 fully saturated rings. The van der Waals surface area contributed by atoms with Crippen LogP contribution in [0.4, 0.5) is 0 Å². The third kappa shape index (κ3) is 3.94. The molecule has 19 heavy (non-hydrogen) atoms. The molecule has 1 aliphatic heterocycles. The highest BCUT2D eigenvalue weighted by molar-refractivity contribution is 9.10. The average Bonchev–Trinajstić information content (AvgIpc) is 2.83. The molecule has 2 atom stereocenters. The van der Waals surface area contributed by atoms with Crippen LogP contribution in [0.15, 0.2) is 22.7 Å². The first-order chi connectivity index (χ1) is 9.11. The van der Waals surface area contributed by atoms with Gasteiger partial charge in [-0.25, -0.2) is 0 Å². The topological polar surface area (TPSA) is 29.3 Å². The summed E-state index contributed by atoms with van der Waals surface area (Å²) in [5.41, 5.74) is 7.34. The number of likely N-dealkylation sites (tertiary alicyclic amines) is 1. The maximum Gasteiger partial charge on any atom is 0.0464 e. The van der Waals surface area contributed by atoms with Crippen LogP contribution in [0.2, 0.25) is 5.02 Å². The van der Waals surface area contributed by atoms with E-state index in [-0.39, 0.29) is 6.04 Å². The van der Waals surface area contributed by atoms with Crippen LogP contribution >= 0.6 is 27.5 Å². The van der Waals surface area contributed by atoms with E-state index in [0.29, 0.717) is 0 Å². The molecule has 2 nitrogen and oxygen atoms in total. The van der Waals surface area contributed by atoms with Crippen LogP contribution in [0, 0.1) is 0 Å². The van der Waals surface area contributed by atoms with Crippen molar-refractivity contribution in [3.63, 3.8) is 0 Å². The normalized spacial score (nSPS) is 21.8. The minimum atomic E-state index is 0.0266. The molecule has 2 N–H and O–H groups in total. The van der Waals surface area contributed by atoms with E-state index in [0.717, 1.165) is 34.1 Å². The van der Waals surface area contributed by atoms with Gasteiger partial charge >= 0.3 is 0 Å². The minimum Gasteiger partial charge on any atom is -0.324 e. The highest BCUT2D eigenvalue weighted by Gasteiger charge is 2.23. The molecule has 0 saturated carbocycles. The number of hydrogen-bond acceptors (Lipinski definition) is 2. The lowest BCUT2D eigenvalue weighted by molar-refractivity contribution is 0.239. The fourth-order valence-corrected chi connectivity index (χ4v) is 3.73. The molecule has 0 aliphatic carbocycles. The van der Waals surface area contributed by atoms with Gasteiger partial charge in [0, 0.05) is 28.1 Å². The van der Waals surface area contributed by atoms with Crippen LogP contribution in [0.25, 0.3) is 0 Å². The van der Waals surface area contributed by atoms with Crippen LogP contribution in [0.1, 0.15) is 44.2 Å². The van der Waals surface area contributed by atoms with Gasteiger partial charge in [0.15, 0.2) is 0 Å². The van der Waals surface area contributed by atoms with Gasteiger partial charge in [-0.1, -0.05) is 40.5 Å². The molecular weight excluding hydrogens is 324 g/mol. The fourth-order valence-electron chi connectivity index (χ4n) is 2.91. The van der Waals surface area contributed by atoms with Crippen molar-refractivity contribution < 1.29 is 0 Å². The summed E-state index contributed by atoms with van der Waals surface area (Å²) in [6.07, 6.45) is 4.88. The smallest absolute Gasteiger partial charge is 0.0464 e. The Morgan fingerprint density at radius 1 is 1.53 bits per heavy atom. The monoisotopic (exact) mass is 344 g/mol. The van der Waals surface area contributed by atoms with Gasteiger partial charge in [-0.2, -0.15) is 0 Å². The van der Waals surface area contributed by atoms with E-state index in [9.17, 15) is 0 Å². The molecule has 1 aromatic rings. The summed E-state index contributed by atoms with van der Waals surface area (Å²) in [6, 6.07) is 6.73. The lowest BCUT2D eigenvalue weighted by atomic mass is 10.0. The van der Waals surface area contributed by atoms with Gasteiger partial charge in [0.25, 0.3) is 0 Å². The predicted octanol–water partition coefficient (Wildman–Crippen LogP) is 4.37. The summed E-state index contributed by atoms with van der Waals surface area (Å²) < 4.78 is 0.999. The maximum absolute atomic E-state index is 6.28. The standard InChI is InChI=1S/C15H22BrClN2/c1-2-12-4-3-8-19(12)9-7-15(18)13-6-5-11(16)10-14(13)17/h5-6,10,12,15H,2-4,7-9,18H2,1H3. The van der Waals surface area contributed by atoms with Crippen LogP contribution in [-0.2, 0) is 0 Å². The molecular formula is C15H22BrClN2. The molecule has 1 saturated heterocycles. The second-order valence-electron chi connectivity index (χ2n) is 5.30. The van der Waals surface area contributed by atoms with E-state index in [4.69, 9.17) is 17.3 Å². The molecule has 1 aliphatic rings. The maximum atomic E-state index is 6.28. The van der Waals surface area contributed by atoms with Crippen molar-refractivity contribution in [3.8, 4) is 0 Å².